The molecule has 1 aromatic heterocycles. The van der Waals surface area contributed by atoms with Crippen LogP contribution in [0.2, 0.25) is 5.02 Å². The van der Waals surface area contributed by atoms with Crippen LogP contribution in [0.1, 0.15) is 5.56 Å². The van der Waals surface area contributed by atoms with Crippen LogP contribution < -0.4 is 10.1 Å². The molecule has 0 amide bonds. The standard InChI is InChI=1S/C17H13ClFN3O/c18-13-3-1-2-12(10-13)11-21-17-20-9-8-16(22-17)23-15-6-4-14(19)5-7-15/h1-10H,11H2,(H,20,21,22). The fourth-order valence-electron chi connectivity index (χ4n) is 1.94. The van der Waals surface area contributed by atoms with Gasteiger partial charge in [0.1, 0.15) is 11.6 Å². The van der Waals surface area contributed by atoms with E-state index in [9.17, 15) is 4.39 Å². The summed E-state index contributed by atoms with van der Waals surface area (Å²) < 4.78 is 18.4. The van der Waals surface area contributed by atoms with E-state index in [1.807, 2.05) is 24.3 Å². The molecule has 23 heavy (non-hydrogen) atoms. The molecule has 3 rings (SSSR count). The zero-order valence-corrected chi connectivity index (χ0v) is 12.8. The first-order valence-corrected chi connectivity index (χ1v) is 7.32. The van der Waals surface area contributed by atoms with Gasteiger partial charge in [-0.3, -0.25) is 0 Å². The third kappa shape index (κ3) is 4.40. The molecule has 0 fully saturated rings. The van der Waals surface area contributed by atoms with Gasteiger partial charge in [0.15, 0.2) is 0 Å². The molecule has 0 spiro atoms. The maximum Gasteiger partial charge on any atom is 0.226 e. The lowest BCUT2D eigenvalue weighted by atomic mass is 10.2. The fraction of sp³-hybridized carbons (Fsp3) is 0.0588. The monoisotopic (exact) mass is 329 g/mol. The molecule has 0 atom stereocenters. The molecule has 0 aliphatic heterocycles. The number of hydrogen-bond donors (Lipinski definition) is 1. The summed E-state index contributed by atoms with van der Waals surface area (Å²) in [7, 11) is 0. The van der Waals surface area contributed by atoms with E-state index in [1.54, 1.807) is 12.3 Å². The molecule has 4 nitrogen and oxygen atoms in total. The van der Waals surface area contributed by atoms with Crippen molar-refractivity contribution in [3.63, 3.8) is 0 Å². The summed E-state index contributed by atoms with van der Waals surface area (Å²) >= 11 is 5.95. The highest BCUT2D eigenvalue weighted by Gasteiger charge is 2.03. The predicted octanol–water partition coefficient (Wildman–Crippen LogP) is 4.67. The summed E-state index contributed by atoms with van der Waals surface area (Å²) in [6.45, 7) is 0.542. The topological polar surface area (TPSA) is 47.0 Å². The molecule has 0 bridgehead atoms. The molecule has 3 aromatic rings. The highest BCUT2D eigenvalue weighted by Crippen LogP contribution is 2.20. The molecule has 0 saturated carbocycles. The van der Waals surface area contributed by atoms with Gasteiger partial charge in [0.05, 0.1) is 0 Å². The van der Waals surface area contributed by atoms with E-state index in [0.717, 1.165) is 5.56 Å². The summed E-state index contributed by atoms with van der Waals surface area (Å²) in [5, 5.41) is 3.78. The number of ether oxygens (including phenoxy) is 1. The van der Waals surface area contributed by atoms with Gasteiger partial charge in [-0.2, -0.15) is 4.98 Å². The second-order valence-corrected chi connectivity index (χ2v) is 5.19. The van der Waals surface area contributed by atoms with Crippen molar-refractivity contribution in [2.75, 3.05) is 5.32 Å². The van der Waals surface area contributed by atoms with Crippen LogP contribution in [0.3, 0.4) is 0 Å². The normalized spacial score (nSPS) is 10.3. The first kappa shape index (κ1) is 15.2. The smallest absolute Gasteiger partial charge is 0.226 e. The average molecular weight is 330 g/mol. The number of rotatable bonds is 5. The van der Waals surface area contributed by atoms with Crippen molar-refractivity contribution in [3.05, 3.63) is 77.2 Å². The first-order valence-electron chi connectivity index (χ1n) is 6.94. The van der Waals surface area contributed by atoms with Crippen molar-refractivity contribution in [1.29, 1.82) is 0 Å². The van der Waals surface area contributed by atoms with Crippen LogP contribution >= 0.6 is 11.6 Å². The Hall–Kier alpha value is -2.66. The minimum Gasteiger partial charge on any atom is -0.439 e. The maximum absolute atomic E-state index is 12.9. The van der Waals surface area contributed by atoms with Crippen molar-refractivity contribution >= 4 is 17.5 Å². The van der Waals surface area contributed by atoms with Gasteiger partial charge in [-0.25, -0.2) is 9.37 Å². The molecule has 0 aliphatic carbocycles. The van der Waals surface area contributed by atoms with Crippen LogP contribution in [0.4, 0.5) is 10.3 Å². The zero-order valence-electron chi connectivity index (χ0n) is 12.0. The predicted molar refractivity (Wildman–Crippen MR) is 87.3 cm³/mol. The summed E-state index contributed by atoms with van der Waals surface area (Å²) in [4.78, 5) is 8.39. The number of benzene rings is 2. The Balaban J connectivity index is 1.66. The third-order valence-electron chi connectivity index (χ3n) is 3.01. The summed E-state index contributed by atoms with van der Waals surface area (Å²) in [5.74, 6) is 1.000. The molecule has 6 heteroatoms. The molecule has 0 saturated heterocycles. The molecule has 116 valence electrons. The van der Waals surface area contributed by atoms with E-state index in [1.165, 1.54) is 24.3 Å². The number of hydrogen-bond acceptors (Lipinski definition) is 4. The molecular weight excluding hydrogens is 317 g/mol. The number of anilines is 1. The Kier molecular flexibility index (Phi) is 4.68. The Morgan fingerprint density at radius 3 is 2.70 bits per heavy atom. The van der Waals surface area contributed by atoms with Crippen LogP contribution in [0.5, 0.6) is 11.6 Å². The zero-order chi connectivity index (χ0) is 16.1. The van der Waals surface area contributed by atoms with Crippen LogP contribution in [0, 0.1) is 5.82 Å². The van der Waals surface area contributed by atoms with E-state index >= 15 is 0 Å². The number of aromatic nitrogens is 2. The Bertz CT molecular complexity index is 796. The van der Waals surface area contributed by atoms with Crippen molar-refractivity contribution < 1.29 is 9.13 Å². The van der Waals surface area contributed by atoms with Gasteiger partial charge in [0.25, 0.3) is 0 Å². The summed E-state index contributed by atoms with van der Waals surface area (Å²) in [5.41, 5.74) is 1.02. The fourth-order valence-corrected chi connectivity index (χ4v) is 2.15. The van der Waals surface area contributed by atoms with E-state index in [-0.39, 0.29) is 5.82 Å². The van der Waals surface area contributed by atoms with Crippen LogP contribution in [0.15, 0.2) is 60.8 Å². The molecule has 0 unspecified atom stereocenters. The van der Waals surface area contributed by atoms with Gasteiger partial charge in [-0.15, -0.1) is 0 Å². The lowest BCUT2D eigenvalue weighted by Crippen LogP contribution is -2.03. The van der Waals surface area contributed by atoms with Crippen molar-refractivity contribution in [2.24, 2.45) is 0 Å². The molecule has 0 aliphatic rings. The Labute approximate surface area is 137 Å². The van der Waals surface area contributed by atoms with Crippen LogP contribution in [-0.4, -0.2) is 9.97 Å². The lowest BCUT2D eigenvalue weighted by Gasteiger charge is -2.08. The second kappa shape index (κ2) is 7.07. The number of halogens is 2. The van der Waals surface area contributed by atoms with Gasteiger partial charge in [-0.05, 0) is 42.0 Å². The quantitative estimate of drug-likeness (QED) is 0.738. The summed E-state index contributed by atoms with van der Waals surface area (Å²) in [6.07, 6.45) is 1.59. The Morgan fingerprint density at radius 1 is 1.09 bits per heavy atom. The van der Waals surface area contributed by atoms with Crippen LogP contribution in [-0.2, 0) is 6.54 Å². The van der Waals surface area contributed by atoms with Crippen molar-refractivity contribution in [1.82, 2.24) is 9.97 Å². The van der Waals surface area contributed by atoms with E-state index < -0.39 is 0 Å². The van der Waals surface area contributed by atoms with E-state index in [4.69, 9.17) is 16.3 Å². The maximum atomic E-state index is 12.9. The second-order valence-electron chi connectivity index (χ2n) is 4.76. The molecule has 1 heterocycles. The van der Waals surface area contributed by atoms with E-state index in [0.29, 0.717) is 29.1 Å². The highest BCUT2D eigenvalue weighted by atomic mass is 35.5. The number of nitrogens with one attached hydrogen (secondary N) is 1. The van der Waals surface area contributed by atoms with Gasteiger partial charge < -0.3 is 10.1 Å². The van der Waals surface area contributed by atoms with Crippen LogP contribution in [0.25, 0.3) is 0 Å². The van der Waals surface area contributed by atoms with Gasteiger partial charge in [0, 0.05) is 23.8 Å². The molecular formula is C17H13ClFN3O. The number of nitrogens with zero attached hydrogens (tertiary/aromatic N) is 2. The molecule has 2 aromatic carbocycles. The van der Waals surface area contributed by atoms with Gasteiger partial charge >= 0.3 is 0 Å². The third-order valence-corrected chi connectivity index (χ3v) is 3.24. The largest absolute Gasteiger partial charge is 0.439 e. The Morgan fingerprint density at radius 2 is 1.91 bits per heavy atom. The highest BCUT2D eigenvalue weighted by molar-refractivity contribution is 6.30. The molecule has 1 N–H and O–H groups in total. The first-order chi connectivity index (χ1) is 11.2. The van der Waals surface area contributed by atoms with Gasteiger partial charge in [0.2, 0.25) is 11.8 Å². The van der Waals surface area contributed by atoms with Crippen molar-refractivity contribution in [2.45, 2.75) is 6.54 Å². The summed E-state index contributed by atoms with van der Waals surface area (Å²) in [6, 6.07) is 14.9. The average Bonchev–Trinajstić information content (AvgIpc) is 2.56. The van der Waals surface area contributed by atoms with Gasteiger partial charge in [-0.1, -0.05) is 23.7 Å². The minimum atomic E-state index is -0.316. The van der Waals surface area contributed by atoms with Crippen molar-refractivity contribution in [3.8, 4) is 11.6 Å². The minimum absolute atomic E-state index is 0.316. The van der Waals surface area contributed by atoms with E-state index in [2.05, 4.69) is 15.3 Å². The molecule has 0 radical (unpaired) electrons. The lowest BCUT2D eigenvalue weighted by molar-refractivity contribution is 0.460. The SMILES string of the molecule is Fc1ccc(Oc2ccnc(NCc3cccc(Cl)c3)n2)cc1.